The van der Waals surface area contributed by atoms with Crippen LogP contribution < -0.4 is 10.6 Å². The summed E-state index contributed by atoms with van der Waals surface area (Å²) in [6.07, 6.45) is 5.10. The SMILES string of the molecule is Cc1nn(CC(=O)NCC2CC2)c(C)c1CNC1CC1. The summed E-state index contributed by atoms with van der Waals surface area (Å²) in [5.74, 6) is 0.793. The Morgan fingerprint density at radius 1 is 1.30 bits per heavy atom. The van der Waals surface area contributed by atoms with Gasteiger partial charge < -0.3 is 10.6 Å². The van der Waals surface area contributed by atoms with E-state index in [2.05, 4.69) is 22.7 Å². The molecule has 20 heavy (non-hydrogen) atoms. The van der Waals surface area contributed by atoms with Gasteiger partial charge in [0.2, 0.25) is 5.91 Å². The molecule has 0 aromatic carbocycles. The minimum Gasteiger partial charge on any atom is -0.354 e. The molecule has 0 radical (unpaired) electrons. The Kier molecular flexibility index (Phi) is 3.78. The van der Waals surface area contributed by atoms with Crippen LogP contribution in [-0.4, -0.2) is 28.3 Å². The zero-order valence-electron chi connectivity index (χ0n) is 12.4. The van der Waals surface area contributed by atoms with Crippen molar-refractivity contribution in [2.75, 3.05) is 6.54 Å². The first-order valence-electron chi connectivity index (χ1n) is 7.66. The predicted molar refractivity (Wildman–Crippen MR) is 77.3 cm³/mol. The van der Waals surface area contributed by atoms with Gasteiger partial charge in [-0.1, -0.05) is 0 Å². The Bertz CT molecular complexity index is 500. The fraction of sp³-hybridized carbons (Fsp3) is 0.733. The Morgan fingerprint density at radius 2 is 2.05 bits per heavy atom. The smallest absolute Gasteiger partial charge is 0.241 e. The van der Waals surface area contributed by atoms with Crippen LogP contribution in [0.3, 0.4) is 0 Å². The molecule has 110 valence electrons. The van der Waals surface area contributed by atoms with E-state index >= 15 is 0 Å². The van der Waals surface area contributed by atoms with Gasteiger partial charge in [-0.2, -0.15) is 5.10 Å². The lowest BCUT2D eigenvalue weighted by molar-refractivity contribution is -0.121. The van der Waals surface area contributed by atoms with Crippen molar-refractivity contribution < 1.29 is 4.79 Å². The van der Waals surface area contributed by atoms with Crippen LogP contribution in [0.5, 0.6) is 0 Å². The van der Waals surface area contributed by atoms with Crippen molar-refractivity contribution in [3.8, 4) is 0 Å². The summed E-state index contributed by atoms with van der Waals surface area (Å²) in [7, 11) is 0. The third kappa shape index (κ3) is 3.39. The molecule has 2 saturated carbocycles. The molecule has 1 aromatic heterocycles. The highest BCUT2D eigenvalue weighted by Gasteiger charge is 2.23. The zero-order chi connectivity index (χ0) is 14.1. The van der Waals surface area contributed by atoms with Crippen LogP contribution in [0.4, 0.5) is 0 Å². The molecule has 0 unspecified atom stereocenters. The van der Waals surface area contributed by atoms with Gasteiger partial charge in [0.1, 0.15) is 6.54 Å². The monoisotopic (exact) mass is 276 g/mol. The molecule has 2 fully saturated rings. The number of hydrogen-bond donors (Lipinski definition) is 2. The van der Waals surface area contributed by atoms with Gasteiger partial charge in [0.25, 0.3) is 0 Å². The molecule has 1 aromatic rings. The van der Waals surface area contributed by atoms with E-state index in [1.54, 1.807) is 0 Å². The molecule has 1 amide bonds. The Hall–Kier alpha value is -1.36. The molecule has 0 aliphatic heterocycles. The predicted octanol–water partition coefficient (Wildman–Crippen LogP) is 1.28. The molecule has 5 nitrogen and oxygen atoms in total. The summed E-state index contributed by atoms with van der Waals surface area (Å²) >= 11 is 0. The normalized spacial score (nSPS) is 18.3. The highest BCUT2D eigenvalue weighted by Crippen LogP contribution is 2.27. The first kappa shape index (κ1) is 13.6. The van der Waals surface area contributed by atoms with E-state index in [9.17, 15) is 4.79 Å². The van der Waals surface area contributed by atoms with E-state index < -0.39 is 0 Å². The third-order valence-corrected chi connectivity index (χ3v) is 4.25. The van der Waals surface area contributed by atoms with Crippen LogP contribution in [0.25, 0.3) is 0 Å². The van der Waals surface area contributed by atoms with Crippen LogP contribution in [0.2, 0.25) is 0 Å². The van der Waals surface area contributed by atoms with Gasteiger partial charge in [-0.25, -0.2) is 0 Å². The number of carbonyl (C=O) groups is 1. The topological polar surface area (TPSA) is 59.0 Å². The van der Waals surface area contributed by atoms with Gasteiger partial charge in [0.05, 0.1) is 5.69 Å². The molecule has 3 rings (SSSR count). The summed E-state index contributed by atoms with van der Waals surface area (Å²) < 4.78 is 1.83. The molecular weight excluding hydrogens is 252 g/mol. The number of carbonyl (C=O) groups excluding carboxylic acids is 1. The maximum atomic E-state index is 11.9. The van der Waals surface area contributed by atoms with Crippen LogP contribution in [0.1, 0.15) is 42.6 Å². The van der Waals surface area contributed by atoms with Gasteiger partial charge in [-0.15, -0.1) is 0 Å². The van der Waals surface area contributed by atoms with Crippen molar-refractivity contribution in [1.29, 1.82) is 0 Å². The molecule has 2 aliphatic rings. The Balaban J connectivity index is 1.56. The minimum absolute atomic E-state index is 0.0733. The van der Waals surface area contributed by atoms with E-state index in [1.807, 2.05) is 11.6 Å². The number of amides is 1. The number of nitrogens with one attached hydrogen (secondary N) is 2. The maximum absolute atomic E-state index is 11.9. The largest absolute Gasteiger partial charge is 0.354 e. The van der Waals surface area contributed by atoms with Crippen molar-refractivity contribution in [2.24, 2.45) is 5.92 Å². The quantitative estimate of drug-likeness (QED) is 0.788. The van der Waals surface area contributed by atoms with E-state index in [0.29, 0.717) is 12.6 Å². The number of rotatable bonds is 7. The van der Waals surface area contributed by atoms with Gasteiger partial charge in [-0.3, -0.25) is 9.48 Å². The number of hydrogen-bond acceptors (Lipinski definition) is 3. The molecule has 5 heteroatoms. The average Bonchev–Trinajstić information content (AvgIpc) is 3.29. The van der Waals surface area contributed by atoms with Crippen LogP contribution in [0.15, 0.2) is 0 Å². The molecule has 0 bridgehead atoms. The average molecular weight is 276 g/mol. The van der Waals surface area contributed by atoms with Crippen molar-refractivity contribution in [3.63, 3.8) is 0 Å². The Labute approximate surface area is 120 Å². The second kappa shape index (κ2) is 5.56. The lowest BCUT2D eigenvalue weighted by Crippen LogP contribution is -2.30. The lowest BCUT2D eigenvalue weighted by Gasteiger charge is -2.07. The van der Waals surface area contributed by atoms with Crippen molar-refractivity contribution in [1.82, 2.24) is 20.4 Å². The fourth-order valence-electron chi connectivity index (χ4n) is 2.45. The Morgan fingerprint density at radius 3 is 2.70 bits per heavy atom. The van der Waals surface area contributed by atoms with E-state index in [0.717, 1.165) is 30.4 Å². The number of nitrogens with zero attached hydrogens (tertiary/aromatic N) is 2. The number of aromatic nitrogens is 2. The molecule has 0 saturated heterocycles. The molecular formula is C15H24N4O. The molecule has 0 spiro atoms. The molecule has 2 N–H and O–H groups in total. The summed E-state index contributed by atoms with van der Waals surface area (Å²) in [4.78, 5) is 11.9. The van der Waals surface area contributed by atoms with E-state index in [1.165, 1.54) is 31.2 Å². The summed E-state index contributed by atoms with van der Waals surface area (Å²) in [5, 5.41) is 11.0. The van der Waals surface area contributed by atoms with Gasteiger partial charge in [-0.05, 0) is 45.4 Å². The summed E-state index contributed by atoms with van der Waals surface area (Å²) in [6, 6.07) is 0.694. The highest BCUT2D eigenvalue weighted by atomic mass is 16.2. The van der Waals surface area contributed by atoms with Crippen molar-refractivity contribution in [3.05, 3.63) is 17.0 Å². The summed E-state index contributed by atoms with van der Waals surface area (Å²) in [6.45, 7) is 6.11. The zero-order valence-corrected chi connectivity index (χ0v) is 12.4. The van der Waals surface area contributed by atoms with Crippen molar-refractivity contribution in [2.45, 2.75) is 58.7 Å². The first-order valence-corrected chi connectivity index (χ1v) is 7.66. The second-order valence-electron chi connectivity index (χ2n) is 6.21. The van der Waals surface area contributed by atoms with Gasteiger partial charge >= 0.3 is 0 Å². The van der Waals surface area contributed by atoms with Crippen LogP contribution >= 0.6 is 0 Å². The lowest BCUT2D eigenvalue weighted by atomic mass is 10.2. The summed E-state index contributed by atoms with van der Waals surface area (Å²) in [5.41, 5.74) is 3.38. The second-order valence-corrected chi connectivity index (χ2v) is 6.21. The molecule has 2 aliphatic carbocycles. The minimum atomic E-state index is 0.0733. The van der Waals surface area contributed by atoms with Gasteiger partial charge in [0, 0.05) is 30.4 Å². The van der Waals surface area contributed by atoms with E-state index in [4.69, 9.17) is 0 Å². The first-order chi connectivity index (χ1) is 9.63. The molecule has 0 atom stereocenters. The van der Waals surface area contributed by atoms with Crippen LogP contribution in [0, 0.1) is 19.8 Å². The van der Waals surface area contributed by atoms with Gasteiger partial charge in [0.15, 0.2) is 0 Å². The van der Waals surface area contributed by atoms with Crippen molar-refractivity contribution >= 4 is 5.91 Å². The standard InChI is InChI=1S/C15H24N4O/c1-10-14(8-16-13-5-6-13)11(2)19(18-10)9-15(20)17-7-12-3-4-12/h12-13,16H,3-9H2,1-2H3,(H,17,20). The highest BCUT2D eigenvalue weighted by molar-refractivity contribution is 5.75. The maximum Gasteiger partial charge on any atom is 0.241 e. The molecule has 1 heterocycles. The van der Waals surface area contributed by atoms with E-state index in [-0.39, 0.29) is 5.91 Å². The van der Waals surface area contributed by atoms with Crippen LogP contribution in [-0.2, 0) is 17.9 Å². The number of aryl methyl sites for hydroxylation is 1. The fourth-order valence-corrected chi connectivity index (χ4v) is 2.45. The third-order valence-electron chi connectivity index (χ3n) is 4.25.